The average Bonchev–Trinajstić information content (AvgIpc) is 2.31. The summed E-state index contributed by atoms with van der Waals surface area (Å²) < 4.78 is 5.39. The second-order valence-corrected chi connectivity index (χ2v) is 4.53. The van der Waals surface area contributed by atoms with E-state index in [0.717, 1.165) is 11.3 Å². The third kappa shape index (κ3) is 3.47. The van der Waals surface area contributed by atoms with Gasteiger partial charge in [0.1, 0.15) is 11.3 Å². The first-order chi connectivity index (χ1) is 8.01. The van der Waals surface area contributed by atoms with Crippen molar-refractivity contribution >= 4 is 0 Å². The molecule has 1 atom stereocenters. The van der Waals surface area contributed by atoms with E-state index in [0.29, 0.717) is 13.0 Å². The van der Waals surface area contributed by atoms with Gasteiger partial charge in [-0.05, 0) is 45.6 Å². The maximum absolute atomic E-state index is 9.24. The maximum atomic E-state index is 9.24. The van der Waals surface area contributed by atoms with Crippen molar-refractivity contribution < 1.29 is 4.74 Å². The molecule has 3 nitrogen and oxygen atoms in total. The third-order valence-electron chi connectivity index (χ3n) is 3.01. The van der Waals surface area contributed by atoms with Crippen molar-refractivity contribution in [3.63, 3.8) is 0 Å². The number of hydrogen-bond acceptors (Lipinski definition) is 3. The summed E-state index contributed by atoms with van der Waals surface area (Å²) in [5.74, 6) is 0.875. The summed E-state index contributed by atoms with van der Waals surface area (Å²) in [6, 6.07) is 10.3. The SMILES string of the molecule is CCOc1ccc(CC(C)(C#N)N(C)C)cc1. The van der Waals surface area contributed by atoms with Gasteiger partial charge in [-0.15, -0.1) is 0 Å². The highest BCUT2D eigenvalue weighted by atomic mass is 16.5. The number of rotatable bonds is 5. The molecule has 17 heavy (non-hydrogen) atoms. The molecule has 3 heteroatoms. The first-order valence-corrected chi connectivity index (χ1v) is 5.82. The van der Waals surface area contributed by atoms with E-state index in [1.165, 1.54) is 0 Å². The zero-order valence-electron chi connectivity index (χ0n) is 11.0. The molecule has 1 aromatic rings. The molecule has 0 aliphatic rings. The second-order valence-electron chi connectivity index (χ2n) is 4.53. The summed E-state index contributed by atoms with van der Waals surface area (Å²) in [5, 5.41) is 9.24. The first kappa shape index (κ1) is 13.5. The zero-order valence-corrected chi connectivity index (χ0v) is 11.0. The van der Waals surface area contributed by atoms with E-state index in [1.807, 2.05) is 57.1 Å². The molecule has 0 aliphatic heterocycles. The van der Waals surface area contributed by atoms with Crippen LogP contribution in [0.3, 0.4) is 0 Å². The van der Waals surface area contributed by atoms with Crippen molar-refractivity contribution in [1.82, 2.24) is 4.90 Å². The molecule has 0 saturated heterocycles. The van der Waals surface area contributed by atoms with Gasteiger partial charge < -0.3 is 4.74 Å². The molecule has 1 rings (SSSR count). The van der Waals surface area contributed by atoms with Crippen LogP contribution in [0.5, 0.6) is 5.75 Å². The molecule has 92 valence electrons. The minimum absolute atomic E-state index is 0.465. The van der Waals surface area contributed by atoms with E-state index in [-0.39, 0.29) is 0 Å². The monoisotopic (exact) mass is 232 g/mol. The van der Waals surface area contributed by atoms with Gasteiger partial charge in [-0.1, -0.05) is 12.1 Å². The van der Waals surface area contributed by atoms with Gasteiger partial charge in [-0.25, -0.2) is 0 Å². The average molecular weight is 232 g/mol. The lowest BCUT2D eigenvalue weighted by Crippen LogP contribution is -2.41. The molecule has 0 radical (unpaired) electrons. The molecule has 0 aliphatic carbocycles. The third-order valence-corrected chi connectivity index (χ3v) is 3.01. The number of likely N-dealkylation sites (N-methyl/N-ethyl adjacent to an activating group) is 1. The summed E-state index contributed by atoms with van der Waals surface area (Å²) >= 11 is 0. The van der Waals surface area contributed by atoms with Crippen molar-refractivity contribution in [1.29, 1.82) is 5.26 Å². The van der Waals surface area contributed by atoms with Gasteiger partial charge in [0, 0.05) is 6.42 Å². The minimum Gasteiger partial charge on any atom is -0.494 e. The van der Waals surface area contributed by atoms with Crippen LogP contribution in [0, 0.1) is 11.3 Å². The van der Waals surface area contributed by atoms with Crippen LogP contribution in [-0.4, -0.2) is 31.1 Å². The number of benzene rings is 1. The summed E-state index contributed by atoms with van der Waals surface area (Å²) in [6.45, 7) is 4.59. The number of ether oxygens (including phenoxy) is 1. The van der Waals surface area contributed by atoms with Crippen LogP contribution in [0.15, 0.2) is 24.3 Å². The van der Waals surface area contributed by atoms with Crippen molar-refractivity contribution in [2.75, 3.05) is 20.7 Å². The molecule has 0 bridgehead atoms. The number of nitrogens with zero attached hydrogens (tertiary/aromatic N) is 2. The van der Waals surface area contributed by atoms with Crippen LogP contribution < -0.4 is 4.74 Å². The van der Waals surface area contributed by atoms with Crippen molar-refractivity contribution in [3.8, 4) is 11.8 Å². The molecule has 0 heterocycles. The lowest BCUT2D eigenvalue weighted by Gasteiger charge is -2.29. The Morgan fingerprint density at radius 3 is 2.29 bits per heavy atom. The van der Waals surface area contributed by atoms with E-state index >= 15 is 0 Å². The van der Waals surface area contributed by atoms with Crippen LogP contribution in [0.1, 0.15) is 19.4 Å². The van der Waals surface area contributed by atoms with E-state index in [9.17, 15) is 5.26 Å². The van der Waals surface area contributed by atoms with E-state index in [4.69, 9.17) is 4.74 Å². The van der Waals surface area contributed by atoms with Crippen molar-refractivity contribution in [3.05, 3.63) is 29.8 Å². The number of nitriles is 1. The van der Waals surface area contributed by atoms with Gasteiger partial charge in [0.05, 0.1) is 12.7 Å². The number of hydrogen-bond donors (Lipinski definition) is 0. The Balaban J connectivity index is 2.78. The molecule has 0 N–H and O–H groups in total. The molecule has 1 aromatic carbocycles. The highest BCUT2D eigenvalue weighted by Crippen LogP contribution is 2.20. The van der Waals surface area contributed by atoms with E-state index in [1.54, 1.807) is 0 Å². The molecule has 0 fully saturated rings. The Kier molecular flexibility index (Phi) is 4.53. The Morgan fingerprint density at radius 2 is 1.88 bits per heavy atom. The Hall–Kier alpha value is -1.53. The predicted molar refractivity (Wildman–Crippen MR) is 69.0 cm³/mol. The van der Waals surface area contributed by atoms with Crippen molar-refractivity contribution in [2.45, 2.75) is 25.8 Å². The van der Waals surface area contributed by atoms with Gasteiger partial charge in [-0.3, -0.25) is 4.90 Å². The standard InChI is InChI=1S/C14H20N2O/c1-5-17-13-8-6-12(7-9-13)10-14(2,11-15)16(3)4/h6-9H,5,10H2,1-4H3. The van der Waals surface area contributed by atoms with E-state index in [2.05, 4.69) is 6.07 Å². The summed E-state index contributed by atoms with van der Waals surface area (Å²) in [7, 11) is 3.86. The molecule has 0 amide bonds. The fourth-order valence-electron chi connectivity index (χ4n) is 1.57. The molecule has 0 saturated carbocycles. The molecular formula is C14H20N2O. The summed E-state index contributed by atoms with van der Waals surface area (Å²) in [6.07, 6.45) is 0.711. The molecule has 0 aromatic heterocycles. The highest BCUT2D eigenvalue weighted by Gasteiger charge is 2.26. The Labute approximate surface area is 104 Å². The predicted octanol–water partition coefficient (Wildman–Crippen LogP) is 2.47. The Bertz CT molecular complexity index is 392. The molecule has 1 unspecified atom stereocenters. The smallest absolute Gasteiger partial charge is 0.119 e. The van der Waals surface area contributed by atoms with Crippen LogP contribution in [-0.2, 0) is 6.42 Å². The lowest BCUT2D eigenvalue weighted by atomic mass is 9.93. The van der Waals surface area contributed by atoms with Crippen LogP contribution in [0.4, 0.5) is 0 Å². The molecule has 0 spiro atoms. The second kappa shape index (κ2) is 5.70. The summed E-state index contributed by atoms with van der Waals surface area (Å²) in [4.78, 5) is 1.95. The maximum Gasteiger partial charge on any atom is 0.119 e. The lowest BCUT2D eigenvalue weighted by molar-refractivity contribution is 0.236. The van der Waals surface area contributed by atoms with Gasteiger partial charge >= 0.3 is 0 Å². The highest BCUT2D eigenvalue weighted by molar-refractivity contribution is 5.29. The van der Waals surface area contributed by atoms with E-state index < -0.39 is 5.54 Å². The minimum atomic E-state index is -0.465. The fourth-order valence-corrected chi connectivity index (χ4v) is 1.57. The zero-order chi connectivity index (χ0) is 12.9. The van der Waals surface area contributed by atoms with Gasteiger partial charge in [0.2, 0.25) is 0 Å². The molecular weight excluding hydrogens is 212 g/mol. The van der Waals surface area contributed by atoms with Crippen LogP contribution in [0.25, 0.3) is 0 Å². The largest absolute Gasteiger partial charge is 0.494 e. The Morgan fingerprint density at radius 1 is 1.29 bits per heavy atom. The van der Waals surface area contributed by atoms with Crippen molar-refractivity contribution in [2.24, 2.45) is 0 Å². The van der Waals surface area contributed by atoms with Gasteiger partial charge in [-0.2, -0.15) is 5.26 Å². The summed E-state index contributed by atoms with van der Waals surface area (Å²) in [5.41, 5.74) is 0.679. The first-order valence-electron chi connectivity index (χ1n) is 5.82. The quantitative estimate of drug-likeness (QED) is 0.782. The normalized spacial score (nSPS) is 14.1. The fraction of sp³-hybridized carbons (Fsp3) is 0.500. The van der Waals surface area contributed by atoms with Gasteiger partial charge in [0.25, 0.3) is 0 Å². The van der Waals surface area contributed by atoms with Gasteiger partial charge in [0.15, 0.2) is 0 Å². The van der Waals surface area contributed by atoms with Crippen LogP contribution in [0.2, 0.25) is 0 Å². The topological polar surface area (TPSA) is 36.3 Å². The van der Waals surface area contributed by atoms with Crippen LogP contribution >= 0.6 is 0 Å².